The van der Waals surface area contributed by atoms with Gasteiger partial charge >= 0.3 is 6.61 Å². The topological polar surface area (TPSA) is 47.3 Å². The van der Waals surface area contributed by atoms with Gasteiger partial charge in [0, 0.05) is 18.7 Å². The molecule has 0 spiro atoms. The number of rotatable bonds is 5. The third kappa shape index (κ3) is 3.00. The SMILES string of the molecule is CC1(CNc2cc(OC(F)F)c(F)cc2N)CC1. The Balaban J connectivity index is 2.12. The average molecular weight is 260 g/mol. The molecule has 6 heteroatoms. The normalized spacial score (nSPS) is 16.7. The predicted octanol–water partition coefficient (Wildman–Crippen LogP) is 3.22. The van der Waals surface area contributed by atoms with Crippen LogP contribution in [-0.4, -0.2) is 13.2 Å². The van der Waals surface area contributed by atoms with E-state index in [0.717, 1.165) is 18.9 Å². The Morgan fingerprint density at radius 2 is 2.11 bits per heavy atom. The van der Waals surface area contributed by atoms with Crippen LogP contribution in [0.2, 0.25) is 0 Å². The lowest BCUT2D eigenvalue weighted by Crippen LogP contribution is -2.13. The molecule has 2 rings (SSSR count). The first kappa shape index (κ1) is 12.9. The zero-order chi connectivity index (χ0) is 13.3. The van der Waals surface area contributed by atoms with E-state index >= 15 is 0 Å². The van der Waals surface area contributed by atoms with Crippen molar-refractivity contribution in [1.82, 2.24) is 0 Å². The molecule has 1 aliphatic carbocycles. The fourth-order valence-electron chi connectivity index (χ4n) is 1.61. The number of hydrogen-bond acceptors (Lipinski definition) is 3. The summed E-state index contributed by atoms with van der Waals surface area (Å²) < 4.78 is 41.6. The summed E-state index contributed by atoms with van der Waals surface area (Å²) in [5.74, 6) is -1.39. The quantitative estimate of drug-likeness (QED) is 0.799. The summed E-state index contributed by atoms with van der Waals surface area (Å²) in [6, 6.07) is 2.15. The third-order valence-corrected chi connectivity index (χ3v) is 3.13. The van der Waals surface area contributed by atoms with E-state index < -0.39 is 18.2 Å². The number of nitrogens with two attached hydrogens (primary N) is 1. The van der Waals surface area contributed by atoms with Crippen molar-refractivity contribution >= 4 is 11.4 Å². The molecule has 0 bridgehead atoms. The van der Waals surface area contributed by atoms with E-state index in [-0.39, 0.29) is 11.1 Å². The zero-order valence-electron chi connectivity index (χ0n) is 9.97. The summed E-state index contributed by atoms with van der Waals surface area (Å²) >= 11 is 0. The van der Waals surface area contributed by atoms with Crippen molar-refractivity contribution in [1.29, 1.82) is 0 Å². The second kappa shape index (κ2) is 4.59. The molecule has 0 heterocycles. The van der Waals surface area contributed by atoms with E-state index in [1.54, 1.807) is 0 Å². The van der Waals surface area contributed by atoms with E-state index in [9.17, 15) is 13.2 Å². The lowest BCUT2D eigenvalue weighted by Gasteiger charge is -2.15. The van der Waals surface area contributed by atoms with Crippen molar-refractivity contribution in [2.45, 2.75) is 26.4 Å². The fourth-order valence-corrected chi connectivity index (χ4v) is 1.61. The predicted molar refractivity (Wildman–Crippen MR) is 63.3 cm³/mol. The molecule has 1 fully saturated rings. The molecule has 3 N–H and O–H groups in total. The minimum absolute atomic E-state index is 0.179. The smallest absolute Gasteiger partial charge is 0.387 e. The highest BCUT2D eigenvalue weighted by atomic mass is 19.3. The minimum atomic E-state index is -3.06. The van der Waals surface area contributed by atoms with Crippen LogP contribution in [0.4, 0.5) is 24.5 Å². The van der Waals surface area contributed by atoms with Crippen molar-refractivity contribution in [3.63, 3.8) is 0 Å². The molecule has 18 heavy (non-hydrogen) atoms. The minimum Gasteiger partial charge on any atom is -0.432 e. The molecule has 3 nitrogen and oxygen atoms in total. The number of nitrogens with one attached hydrogen (secondary N) is 1. The molecule has 100 valence electrons. The monoisotopic (exact) mass is 260 g/mol. The Bertz CT molecular complexity index is 447. The summed E-state index contributed by atoms with van der Waals surface area (Å²) in [6.45, 7) is -0.273. The van der Waals surface area contributed by atoms with Crippen molar-refractivity contribution in [3.8, 4) is 5.75 Å². The molecular formula is C12H15F3N2O. The van der Waals surface area contributed by atoms with Gasteiger partial charge in [-0.15, -0.1) is 0 Å². The molecule has 0 aromatic heterocycles. The Morgan fingerprint density at radius 3 is 2.67 bits per heavy atom. The first-order chi connectivity index (χ1) is 8.39. The van der Waals surface area contributed by atoms with Crippen molar-refractivity contribution < 1.29 is 17.9 Å². The number of nitrogen functional groups attached to an aromatic ring is 1. The van der Waals surface area contributed by atoms with Gasteiger partial charge in [0.2, 0.25) is 0 Å². The maximum absolute atomic E-state index is 13.3. The molecule has 0 atom stereocenters. The molecular weight excluding hydrogens is 245 g/mol. The highest BCUT2D eigenvalue weighted by Crippen LogP contribution is 2.45. The lowest BCUT2D eigenvalue weighted by molar-refractivity contribution is -0.0521. The zero-order valence-corrected chi connectivity index (χ0v) is 9.97. The van der Waals surface area contributed by atoms with Crippen LogP contribution in [0.1, 0.15) is 19.8 Å². The van der Waals surface area contributed by atoms with Gasteiger partial charge in [-0.2, -0.15) is 8.78 Å². The molecule has 0 amide bonds. The van der Waals surface area contributed by atoms with Crippen LogP contribution < -0.4 is 15.8 Å². The Kier molecular flexibility index (Phi) is 3.28. The van der Waals surface area contributed by atoms with Gasteiger partial charge in [0.25, 0.3) is 0 Å². The summed E-state index contributed by atoms with van der Waals surface area (Å²) in [7, 11) is 0. The van der Waals surface area contributed by atoms with Crippen LogP contribution >= 0.6 is 0 Å². The Morgan fingerprint density at radius 1 is 1.44 bits per heavy atom. The van der Waals surface area contributed by atoms with E-state index in [0.29, 0.717) is 12.2 Å². The maximum atomic E-state index is 13.3. The molecule has 0 radical (unpaired) electrons. The van der Waals surface area contributed by atoms with Crippen LogP contribution in [0, 0.1) is 11.2 Å². The molecule has 0 aliphatic heterocycles. The van der Waals surface area contributed by atoms with Gasteiger partial charge in [-0.25, -0.2) is 4.39 Å². The second-order valence-corrected chi connectivity index (χ2v) is 4.91. The first-order valence-electron chi connectivity index (χ1n) is 5.67. The van der Waals surface area contributed by atoms with Crippen LogP contribution in [0.3, 0.4) is 0 Å². The molecule has 0 saturated heterocycles. The van der Waals surface area contributed by atoms with Gasteiger partial charge in [0.05, 0.1) is 11.4 Å². The molecule has 1 aromatic rings. The van der Waals surface area contributed by atoms with E-state index in [4.69, 9.17) is 5.73 Å². The van der Waals surface area contributed by atoms with Crippen LogP contribution in [0.15, 0.2) is 12.1 Å². The van der Waals surface area contributed by atoms with Crippen LogP contribution in [0.25, 0.3) is 0 Å². The number of alkyl halides is 2. The second-order valence-electron chi connectivity index (χ2n) is 4.91. The van der Waals surface area contributed by atoms with E-state index in [1.807, 2.05) is 0 Å². The number of benzene rings is 1. The Hall–Kier alpha value is -1.59. The van der Waals surface area contributed by atoms with Crippen molar-refractivity contribution in [2.75, 3.05) is 17.6 Å². The first-order valence-corrected chi connectivity index (χ1v) is 5.67. The maximum Gasteiger partial charge on any atom is 0.387 e. The summed E-state index contributed by atoms with van der Waals surface area (Å²) in [5.41, 5.74) is 6.45. The standard InChI is InChI=1S/C12H15F3N2O/c1-12(2-3-12)6-17-9-5-10(18-11(14)15)7(13)4-8(9)16/h4-5,11,17H,2-3,6,16H2,1H3. The molecule has 1 aromatic carbocycles. The van der Waals surface area contributed by atoms with Gasteiger partial charge in [-0.1, -0.05) is 6.92 Å². The number of ether oxygens (including phenoxy) is 1. The van der Waals surface area contributed by atoms with Crippen LogP contribution in [0.5, 0.6) is 5.75 Å². The van der Waals surface area contributed by atoms with Gasteiger partial charge in [0.15, 0.2) is 11.6 Å². The summed E-state index contributed by atoms with van der Waals surface area (Å²) in [4.78, 5) is 0. The van der Waals surface area contributed by atoms with Gasteiger partial charge in [-0.3, -0.25) is 0 Å². The molecule has 1 aliphatic rings. The fraction of sp³-hybridized carbons (Fsp3) is 0.500. The Labute approximate surface area is 103 Å². The molecule has 1 saturated carbocycles. The lowest BCUT2D eigenvalue weighted by atomic mass is 10.1. The summed E-state index contributed by atoms with van der Waals surface area (Å²) in [5, 5.41) is 3.04. The highest BCUT2D eigenvalue weighted by molar-refractivity contribution is 5.68. The van der Waals surface area contributed by atoms with Gasteiger partial charge < -0.3 is 15.8 Å². The van der Waals surface area contributed by atoms with Crippen molar-refractivity contribution in [2.24, 2.45) is 5.41 Å². The number of hydrogen-bond donors (Lipinski definition) is 2. The van der Waals surface area contributed by atoms with E-state index in [2.05, 4.69) is 17.0 Å². The van der Waals surface area contributed by atoms with E-state index in [1.165, 1.54) is 6.07 Å². The average Bonchev–Trinajstić information content (AvgIpc) is 2.99. The molecule has 0 unspecified atom stereocenters. The number of anilines is 2. The highest BCUT2D eigenvalue weighted by Gasteiger charge is 2.36. The van der Waals surface area contributed by atoms with Crippen LogP contribution in [-0.2, 0) is 0 Å². The number of halogens is 3. The van der Waals surface area contributed by atoms with Gasteiger partial charge in [0.1, 0.15) is 0 Å². The van der Waals surface area contributed by atoms with Gasteiger partial charge in [-0.05, 0) is 18.3 Å². The summed E-state index contributed by atoms with van der Waals surface area (Å²) in [6.07, 6.45) is 2.23. The third-order valence-electron chi connectivity index (χ3n) is 3.13. The van der Waals surface area contributed by atoms with Crippen molar-refractivity contribution in [3.05, 3.63) is 17.9 Å². The largest absolute Gasteiger partial charge is 0.432 e.